The van der Waals surface area contributed by atoms with Gasteiger partial charge in [0.1, 0.15) is 11.8 Å². The average Bonchev–Trinajstić information content (AvgIpc) is 3.29. The minimum atomic E-state index is -0.139. The molecular weight excluding hydrogens is 440 g/mol. The van der Waals surface area contributed by atoms with Gasteiger partial charge in [-0.15, -0.1) is 0 Å². The van der Waals surface area contributed by atoms with Crippen molar-refractivity contribution in [3.8, 4) is 11.1 Å². The first-order valence-corrected chi connectivity index (χ1v) is 11.8. The second-order valence-corrected chi connectivity index (χ2v) is 8.92. The van der Waals surface area contributed by atoms with Crippen LogP contribution in [0.4, 0.5) is 5.82 Å². The largest absolute Gasteiger partial charge is 0.382 e. The number of nitrogens with zero attached hydrogens (tertiary/aromatic N) is 4. The van der Waals surface area contributed by atoms with Crippen LogP contribution in [0.1, 0.15) is 47.3 Å². The molecule has 1 saturated heterocycles. The SMILES string of the molecule is CC(=O)N1CCC(c2cc(-c3cccc(C(=O)NCc4ccccc4)c3)c3c(N)ncnn23)CC1. The van der Waals surface area contributed by atoms with Gasteiger partial charge in [-0.05, 0) is 42.2 Å². The molecule has 0 atom stereocenters. The van der Waals surface area contributed by atoms with Crippen molar-refractivity contribution in [1.29, 1.82) is 0 Å². The monoisotopic (exact) mass is 468 g/mol. The number of rotatable bonds is 5. The standard InChI is InChI=1S/C27H28N6O2/c1-18(34)32-12-10-20(11-13-32)24-15-23(25-26(28)30-17-31-33(24)25)21-8-5-9-22(14-21)27(35)29-16-19-6-3-2-4-7-19/h2-9,14-15,17,20H,10-13,16H2,1H3,(H,29,35)(H2,28,30,31). The van der Waals surface area contributed by atoms with Crippen LogP contribution in [0.5, 0.6) is 0 Å². The molecule has 4 aromatic rings. The molecule has 178 valence electrons. The lowest BCUT2D eigenvalue weighted by molar-refractivity contribution is -0.129. The Balaban J connectivity index is 1.45. The summed E-state index contributed by atoms with van der Waals surface area (Å²) < 4.78 is 1.87. The van der Waals surface area contributed by atoms with E-state index in [1.165, 1.54) is 6.33 Å². The number of nitrogens with one attached hydrogen (secondary N) is 1. The molecule has 0 unspecified atom stereocenters. The lowest BCUT2D eigenvalue weighted by Crippen LogP contribution is -2.36. The van der Waals surface area contributed by atoms with Crippen LogP contribution < -0.4 is 11.1 Å². The fourth-order valence-corrected chi connectivity index (χ4v) is 4.80. The van der Waals surface area contributed by atoms with Crippen molar-refractivity contribution in [3.05, 3.63) is 83.8 Å². The summed E-state index contributed by atoms with van der Waals surface area (Å²) in [5, 5.41) is 7.49. The van der Waals surface area contributed by atoms with Crippen LogP contribution in [0, 0.1) is 0 Å². The first kappa shape index (κ1) is 22.6. The van der Waals surface area contributed by atoms with Crippen molar-refractivity contribution in [1.82, 2.24) is 24.8 Å². The van der Waals surface area contributed by atoms with Crippen molar-refractivity contribution >= 4 is 23.1 Å². The summed E-state index contributed by atoms with van der Waals surface area (Å²) in [5.74, 6) is 0.609. The highest BCUT2D eigenvalue weighted by molar-refractivity contribution is 5.97. The lowest BCUT2D eigenvalue weighted by Gasteiger charge is -2.31. The predicted molar refractivity (Wildman–Crippen MR) is 135 cm³/mol. The van der Waals surface area contributed by atoms with E-state index in [4.69, 9.17) is 5.73 Å². The maximum Gasteiger partial charge on any atom is 0.251 e. The highest BCUT2D eigenvalue weighted by Crippen LogP contribution is 2.36. The van der Waals surface area contributed by atoms with Gasteiger partial charge in [-0.2, -0.15) is 5.10 Å². The van der Waals surface area contributed by atoms with E-state index in [9.17, 15) is 9.59 Å². The minimum Gasteiger partial charge on any atom is -0.382 e. The van der Waals surface area contributed by atoms with E-state index in [2.05, 4.69) is 21.5 Å². The van der Waals surface area contributed by atoms with Gasteiger partial charge >= 0.3 is 0 Å². The number of hydrogen-bond donors (Lipinski definition) is 2. The Bertz CT molecular complexity index is 1370. The molecule has 35 heavy (non-hydrogen) atoms. The van der Waals surface area contributed by atoms with Crippen LogP contribution in [0.25, 0.3) is 16.6 Å². The van der Waals surface area contributed by atoms with Gasteiger partial charge in [-0.25, -0.2) is 9.50 Å². The fourth-order valence-electron chi connectivity index (χ4n) is 4.80. The van der Waals surface area contributed by atoms with Gasteiger partial charge in [0.05, 0.1) is 0 Å². The fraction of sp³-hybridized carbons (Fsp3) is 0.259. The Morgan fingerprint density at radius 1 is 1.06 bits per heavy atom. The van der Waals surface area contributed by atoms with Gasteiger partial charge in [0.15, 0.2) is 5.82 Å². The van der Waals surface area contributed by atoms with Crippen LogP contribution in [-0.2, 0) is 11.3 Å². The molecule has 0 radical (unpaired) electrons. The molecule has 8 nitrogen and oxygen atoms in total. The van der Waals surface area contributed by atoms with E-state index in [0.717, 1.165) is 53.8 Å². The molecular formula is C27H28N6O2. The van der Waals surface area contributed by atoms with E-state index < -0.39 is 0 Å². The Hall–Kier alpha value is -4.20. The first-order chi connectivity index (χ1) is 17.0. The Morgan fingerprint density at radius 2 is 1.83 bits per heavy atom. The van der Waals surface area contributed by atoms with Crippen molar-refractivity contribution in [2.75, 3.05) is 18.8 Å². The number of fused-ring (bicyclic) bond motifs is 1. The van der Waals surface area contributed by atoms with Gasteiger partial charge in [-0.3, -0.25) is 9.59 Å². The molecule has 8 heteroatoms. The van der Waals surface area contributed by atoms with Crippen molar-refractivity contribution in [2.24, 2.45) is 0 Å². The van der Waals surface area contributed by atoms with Gasteiger partial charge in [0.25, 0.3) is 5.91 Å². The Kier molecular flexibility index (Phi) is 6.18. The average molecular weight is 469 g/mol. The van der Waals surface area contributed by atoms with E-state index in [1.54, 1.807) is 13.0 Å². The number of amides is 2. The molecule has 2 aromatic heterocycles. The second kappa shape index (κ2) is 9.58. The van der Waals surface area contributed by atoms with E-state index in [1.807, 2.05) is 57.9 Å². The van der Waals surface area contributed by atoms with Gasteiger partial charge in [-0.1, -0.05) is 42.5 Å². The van der Waals surface area contributed by atoms with Crippen molar-refractivity contribution in [2.45, 2.75) is 32.2 Å². The molecule has 2 amide bonds. The number of anilines is 1. The summed E-state index contributed by atoms with van der Waals surface area (Å²) in [6.07, 6.45) is 3.18. The Labute approximate surface area is 203 Å². The smallest absolute Gasteiger partial charge is 0.251 e. The highest BCUT2D eigenvalue weighted by atomic mass is 16.2. The van der Waals surface area contributed by atoms with Gasteiger partial charge in [0, 0.05) is 49.3 Å². The van der Waals surface area contributed by atoms with E-state index in [-0.39, 0.29) is 17.7 Å². The van der Waals surface area contributed by atoms with Crippen molar-refractivity contribution in [3.63, 3.8) is 0 Å². The van der Waals surface area contributed by atoms with Crippen LogP contribution in [0.3, 0.4) is 0 Å². The molecule has 3 heterocycles. The number of likely N-dealkylation sites (tertiary alicyclic amines) is 1. The second-order valence-electron chi connectivity index (χ2n) is 8.92. The van der Waals surface area contributed by atoms with Crippen molar-refractivity contribution < 1.29 is 9.59 Å². The number of benzene rings is 2. The van der Waals surface area contributed by atoms with Gasteiger partial charge in [0.2, 0.25) is 5.91 Å². The number of hydrogen-bond acceptors (Lipinski definition) is 5. The molecule has 1 aliphatic heterocycles. The van der Waals surface area contributed by atoms with Crippen LogP contribution in [0.2, 0.25) is 0 Å². The third kappa shape index (κ3) is 4.59. The first-order valence-electron chi connectivity index (χ1n) is 11.8. The summed E-state index contributed by atoms with van der Waals surface area (Å²) in [5.41, 5.74) is 11.5. The highest BCUT2D eigenvalue weighted by Gasteiger charge is 2.26. The third-order valence-electron chi connectivity index (χ3n) is 6.70. The number of aromatic nitrogens is 3. The molecule has 0 aliphatic carbocycles. The van der Waals surface area contributed by atoms with Crippen LogP contribution in [-0.4, -0.2) is 44.4 Å². The maximum atomic E-state index is 12.9. The zero-order chi connectivity index (χ0) is 24.4. The van der Waals surface area contributed by atoms with Crippen LogP contribution >= 0.6 is 0 Å². The summed E-state index contributed by atoms with van der Waals surface area (Å²) in [7, 11) is 0. The summed E-state index contributed by atoms with van der Waals surface area (Å²) >= 11 is 0. The predicted octanol–water partition coefficient (Wildman–Crippen LogP) is 3.63. The molecule has 1 fully saturated rings. The van der Waals surface area contributed by atoms with E-state index in [0.29, 0.717) is 17.9 Å². The number of nitrogen functional groups attached to an aromatic ring is 1. The summed E-state index contributed by atoms with van der Waals surface area (Å²) in [4.78, 5) is 30.7. The summed E-state index contributed by atoms with van der Waals surface area (Å²) in [6, 6.07) is 19.5. The number of carbonyl (C=O) groups is 2. The molecule has 3 N–H and O–H groups in total. The molecule has 0 spiro atoms. The molecule has 1 aliphatic rings. The lowest BCUT2D eigenvalue weighted by atomic mass is 9.93. The topological polar surface area (TPSA) is 106 Å². The maximum absolute atomic E-state index is 12.9. The zero-order valence-corrected chi connectivity index (χ0v) is 19.6. The van der Waals surface area contributed by atoms with Gasteiger partial charge < -0.3 is 16.0 Å². The van der Waals surface area contributed by atoms with E-state index >= 15 is 0 Å². The normalized spacial score (nSPS) is 14.3. The zero-order valence-electron chi connectivity index (χ0n) is 19.6. The number of nitrogens with two attached hydrogens (primary N) is 1. The Morgan fingerprint density at radius 3 is 2.57 bits per heavy atom. The molecule has 0 bridgehead atoms. The quantitative estimate of drug-likeness (QED) is 0.465. The molecule has 2 aromatic carbocycles. The third-order valence-corrected chi connectivity index (χ3v) is 6.70. The number of carbonyl (C=O) groups excluding carboxylic acids is 2. The summed E-state index contributed by atoms with van der Waals surface area (Å²) in [6.45, 7) is 3.52. The molecule has 5 rings (SSSR count). The van der Waals surface area contributed by atoms with Crippen LogP contribution in [0.15, 0.2) is 67.0 Å². The molecule has 0 saturated carbocycles. The minimum absolute atomic E-state index is 0.109. The number of piperidine rings is 1.